The van der Waals surface area contributed by atoms with Crippen LogP contribution in [0.3, 0.4) is 0 Å². The Labute approximate surface area is 158 Å². The third-order valence-electron chi connectivity index (χ3n) is 4.75. The van der Waals surface area contributed by atoms with Crippen molar-refractivity contribution in [3.8, 4) is 0 Å². The molecule has 1 atom stereocenters. The van der Waals surface area contributed by atoms with Gasteiger partial charge < -0.3 is 15.1 Å². The van der Waals surface area contributed by atoms with Gasteiger partial charge in [0.05, 0.1) is 6.04 Å². The lowest BCUT2D eigenvalue weighted by Crippen LogP contribution is -2.53. The number of aryl methyl sites for hydroxylation is 1. The van der Waals surface area contributed by atoms with Crippen molar-refractivity contribution in [1.29, 1.82) is 0 Å². The number of thiophene rings is 1. The normalized spacial score (nSPS) is 15.6. The molecule has 1 fully saturated rings. The van der Waals surface area contributed by atoms with Crippen molar-refractivity contribution in [1.82, 2.24) is 15.1 Å². The van der Waals surface area contributed by atoms with E-state index in [0.29, 0.717) is 31.7 Å². The van der Waals surface area contributed by atoms with E-state index in [1.807, 2.05) is 47.5 Å². The predicted octanol–water partition coefficient (Wildman–Crippen LogP) is 3.68. The van der Waals surface area contributed by atoms with Crippen LogP contribution in [-0.2, 0) is 0 Å². The Kier molecular flexibility index (Phi) is 5.93. The largest absolute Gasteiger partial charge is 0.335 e. The summed E-state index contributed by atoms with van der Waals surface area (Å²) >= 11 is 1.66. The van der Waals surface area contributed by atoms with Gasteiger partial charge in [0, 0.05) is 36.6 Å². The standard InChI is InChI=1S/C20H25N3O2S/c1-3-17(18-5-4-14-26-18)21-20(25)23-12-10-22(11-13-23)19(24)16-8-6-15(2)7-9-16/h4-9,14,17H,3,10-13H2,1-2H3,(H,21,25). The fourth-order valence-electron chi connectivity index (χ4n) is 3.10. The first kappa shape index (κ1) is 18.5. The highest BCUT2D eigenvalue weighted by Crippen LogP contribution is 2.22. The summed E-state index contributed by atoms with van der Waals surface area (Å²) in [5.41, 5.74) is 1.84. The fraction of sp³-hybridized carbons (Fsp3) is 0.400. The first-order chi connectivity index (χ1) is 12.6. The molecule has 1 saturated heterocycles. The van der Waals surface area contributed by atoms with Gasteiger partial charge in [-0.1, -0.05) is 30.7 Å². The molecule has 3 rings (SSSR count). The second-order valence-corrected chi connectivity index (χ2v) is 7.55. The number of rotatable bonds is 4. The van der Waals surface area contributed by atoms with Crippen LogP contribution in [0.25, 0.3) is 0 Å². The van der Waals surface area contributed by atoms with E-state index < -0.39 is 0 Å². The fourth-order valence-corrected chi connectivity index (χ4v) is 3.96. The Bertz CT molecular complexity index is 735. The van der Waals surface area contributed by atoms with Crippen LogP contribution in [-0.4, -0.2) is 47.9 Å². The zero-order valence-corrected chi connectivity index (χ0v) is 16.1. The SMILES string of the molecule is CCC(NC(=O)N1CCN(C(=O)c2ccc(C)cc2)CC1)c1cccs1. The summed E-state index contributed by atoms with van der Waals surface area (Å²) in [6, 6.07) is 11.7. The van der Waals surface area contributed by atoms with Crippen LogP contribution in [0.4, 0.5) is 4.79 Å². The molecule has 0 aliphatic carbocycles. The molecule has 0 bridgehead atoms. The lowest BCUT2D eigenvalue weighted by Gasteiger charge is -2.35. The quantitative estimate of drug-likeness (QED) is 0.891. The second-order valence-electron chi connectivity index (χ2n) is 6.57. The summed E-state index contributed by atoms with van der Waals surface area (Å²) in [5.74, 6) is 0.0371. The van der Waals surface area contributed by atoms with Gasteiger partial charge in [-0.2, -0.15) is 0 Å². The van der Waals surface area contributed by atoms with Crippen LogP contribution < -0.4 is 5.32 Å². The average molecular weight is 372 g/mol. The number of hydrogen-bond donors (Lipinski definition) is 1. The van der Waals surface area contributed by atoms with E-state index in [1.165, 1.54) is 4.88 Å². The lowest BCUT2D eigenvalue weighted by atomic mass is 10.1. The van der Waals surface area contributed by atoms with Crippen LogP contribution in [0.5, 0.6) is 0 Å². The highest BCUT2D eigenvalue weighted by Gasteiger charge is 2.26. The number of carbonyl (C=O) groups excluding carboxylic acids is 2. The van der Waals surface area contributed by atoms with Gasteiger partial charge in [0.1, 0.15) is 0 Å². The minimum atomic E-state index is -0.0484. The summed E-state index contributed by atoms with van der Waals surface area (Å²) in [4.78, 5) is 29.9. The van der Waals surface area contributed by atoms with Crippen LogP contribution in [0, 0.1) is 6.92 Å². The Morgan fingerprint density at radius 2 is 1.73 bits per heavy atom. The van der Waals surface area contributed by atoms with E-state index in [-0.39, 0.29) is 18.0 Å². The van der Waals surface area contributed by atoms with Crippen LogP contribution >= 0.6 is 11.3 Å². The molecule has 1 aliphatic rings. The molecule has 1 unspecified atom stereocenters. The van der Waals surface area contributed by atoms with Gasteiger partial charge in [0.2, 0.25) is 0 Å². The number of piperazine rings is 1. The van der Waals surface area contributed by atoms with E-state index >= 15 is 0 Å². The van der Waals surface area contributed by atoms with E-state index in [9.17, 15) is 9.59 Å². The molecule has 1 aliphatic heterocycles. The molecule has 1 N–H and O–H groups in total. The highest BCUT2D eigenvalue weighted by molar-refractivity contribution is 7.10. The third-order valence-corrected chi connectivity index (χ3v) is 5.73. The van der Waals surface area contributed by atoms with Crippen molar-refractivity contribution in [2.45, 2.75) is 26.3 Å². The van der Waals surface area contributed by atoms with Crippen LogP contribution in [0.15, 0.2) is 41.8 Å². The number of nitrogens with one attached hydrogen (secondary N) is 1. The molecule has 26 heavy (non-hydrogen) atoms. The smallest absolute Gasteiger partial charge is 0.318 e. The number of amides is 3. The molecule has 0 radical (unpaired) electrons. The molecule has 1 aromatic carbocycles. The van der Waals surface area contributed by atoms with Gasteiger partial charge in [-0.3, -0.25) is 4.79 Å². The number of carbonyl (C=O) groups is 2. The molecule has 1 aromatic heterocycles. The van der Waals surface area contributed by atoms with Gasteiger partial charge in [0.25, 0.3) is 5.91 Å². The lowest BCUT2D eigenvalue weighted by molar-refractivity contribution is 0.0663. The zero-order chi connectivity index (χ0) is 18.5. The molecule has 138 valence electrons. The third kappa shape index (κ3) is 4.25. The molecule has 0 saturated carbocycles. The summed E-state index contributed by atoms with van der Waals surface area (Å²) in [6.45, 7) is 6.33. The Morgan fingerprint density at radius 3 is 2.31 bits per heavy atom. The molecule has 0 spiro atoms. The predicted molar refractivity (Wildman–Crippen MR) is 105 cm³/mol. The van der Waals surface area contributed by atoms with Crippen molar-refractivity contribution >= 4 is 23.3 Å². The molecule has 3 amide bonds. The van der Waals surface area contributed by atoms with E-state index in [0.717, 1.165) is 12.0 Å². The van der Waals surface area contributed by atoms with Crippen molar-refractivity contribution in [2.75, 3.05) is 26.2 Å². The summed E-state index contributed by atoms with van der Waals surface area (Å²) in [7, 11) is 0. The maximum absolute atomic E-state index is 12.6. The van der Waals surface area contributed by atoms with Gasteiger partial charge in [-0.15, -0.1) is 11.3 Å². The number of hydrogen-bond acceptors (Lipinski definition) is 3. The molecule has 2 heterocycles. The maximum atomic E-state index is 12.6. The van der Waals surface area contributed by atoms with E-state index in [1.54, 1.807) is 16.2 Å². The van der Waals surface area contributed by atoms with E-state index in [2.05, 4.69) is 18.3 Å². The average Bonchev–Trinajstić information content (AvgIpc) is 3.20. The van der Waals surface area contributed by atoms with Gasteiger partial charge in [0.15, 0.2) is 0 Å². The van der Waals surface area contributed by atoms with E-state index in [4.69, 9.17) is 0 Å². The monoisotopic (exact) mass is 371 g/mol. The number of urea groups is 1. The molecule has 2 aromatic rings. The Hall–Kier alpha value is -2.34. The van der Waals surface area contributed by atoms with Gasteiger partial charge >= 0.3 is 6.03 Å². The Balaban J connectivity index is 1.53. The molecular weight excluding hydrogens is 346 g/mol. The van der Waals surface area contributed by atoms with Crippen LogP contribution in [0.2, 0.25) is 0 Å². The first-order valence-corrected chi connectivity index (χ1v) is 9.91. The summed E-state index contributed by atoms with van der Waals surface area (Å²) < 4.78 is 0. The minimum absolute atomic E-state index is 0.0371. The first-order valence-electron chi connectivity index (χ1n) is 9.03. The highest BCUT2D eigenvalue weighted by atomic mass is 32.1. The van der Waals surface area contributed by atoms with Crippen molar-refractivity contribution in [3.05, 3.63) is 57.8 Å². The molecule has 6 heteroatoms. The number of benzene rings is 1. The maximum Gasteiger partial charge on any atom is 0.318 e. The van der Waals surface area contributed by atoms with Gasteiger partial charge in [-0.05, 0) is 36.9 Å². The summed E-state index contributed by atoms with van der Waals surface area (Å²) in [5, 5.41) is 5.14. The van der Waals surface area contributed by atoms with Crippen molar-refractivity contribution in [3.63, 3.8) is 0 Å². The molecule has 5 nitrogen and oxygen atoms in total. The second kappa shape index (κ2) is 8.36. The van der Waals surface area contributed by atoms with Gasteiger partial charge in [-0.25, -0.2) is 4.79 Å². The van der Waals surface area contributed by atoms with Crippen molar-refractivity contribution in [2.24, 2.45) is 0 Å². The zero-order valence-electron chi connectivity index (χ0n) is 15.3. The topological polar surface area (TPSA) is 52.7 Å². The van der Waals surface area contributed by atoms with Crippen LogP contribution in [0.1, 0.15) is 40.2 Å². The number of nitrogens with zero attached hydrogens (tertiary/aromatic N) is 2. The van der Waals surface area contributed by atoms with Crippen molar-refractivity contribution < 1.29 is 9.59 Å². The Morgan fingerprint density at radius 1 is 1.08 bits per heavy atom. The minimum Gasteiger partial charge on any atom is -0.335 e. The summed E-state index contributed by atoms with van der Waals surface area (Å²) in [6.07, 6.45) is 0.859. The molecular formula is C20H25N3O2S.